The number of nitriles is 1. The second-order valence-electron chi connectivity index (χ2n) is 17.4. The topological polar surface area (TPSA) is 61.0 Å². The Labute approximate surface area is 412 Å². The lowest BCUT2D eigenvalue weighted by Crippen LogP contribution is -2.09. The highest BCUT2D eigenvalue weighted by Crippen LogP contribution is 2.43. The number of hydrogen-bond acceptors (Lipinski definition) is 5. The molecular formula is C65H44N6. The van der Waals surface area contributed by atoms with Crippen molar-refractivity contribution in [3.63, 3.8) is 0 Å². The largest absolute Gasteiger partial charge is 0.310 e. The molecule has 6 heteroatoms. The molecule has 12 rings (SSSR count). The fourth-order valence-electron chi connectivity index (χ4n) is 9.64. The summed E-state index contributed by atoms with van der Waals surface area (Å²) in [5.74, 6) is 0.519. The average molecular weight is 909 g/mol. The van der Waals surface area contributed by atoms with Gasteiger partial charge in [0, 0.05) is 67.3 Å². The third-order valence-electron chi connectivity index (χ3n) is 13.0. The van der Waals surface area contributed by atoms with E-state index in [1.807, 2.05) is 54.6 Å². The molecule has 0 fully saturated rings. The van der Waals surface area contributed by atoms with Crippen LogP contribution in [0.4, 0.5) is 34.1 Å². The summed E-state index contributed by atoms with van der Waals surface area (Å²) in [6.07, 6.45) is 0. The van der Waals surface area contributed by atoms with Crippen LogP contribution in [0.1, 0.15) is 5.56 Å². The van der Waals surface area contributed by atoms with Crippen LogP contribution in [0.3, 0.4) is 0 Å². The first-order chi connectivity index (χ1) is 35.2. The van der Waals surface area contributed by atoms with Crippen LogP contribution in [0.25, 0.3) is 72.5 Å². The summed E-state index contributed by atoms with van der Waals surface area (Å²) in [6, 6.07) is 95.3. The van der Waals surface area contributed by atoms with E-state index in [1.165, 1.54) is 0 Å². The van der Waals surface area contributed by atoms with Crippen molar-refractivity contribution < 1.29 is 0 Å². The molecule has 6 nitrogen and oxygen atoms in total. The number of rotatable bonds is 11. The Bertz CT molecular complexity index is 3630. The average Bonchev–Trinajstić information content (AvgIpc) is 3.77. The molecule has 334 valence electrons. The Kier molecular flexibility index (Phi) is 11.2. The summed E-state index contributed by atoms with van der Waals surface area (Å²) in [5, 5.41) is 12.2. The maximum absolute atomic E-state index is 9.95. The third kappa shape index (κ3) is 8.24. The Hall–Kier alpha value is -9.83. The van der Waals surface area contributed by atoms with Crippen molar-refractivity contribution in [2.75, 3.05) is 9.80 Å². The molecule has 0 radical (unpaired) electrons. The van der Waals surface area contributed by atoms with Gasteiger partial charge >= 0.3 is 0 Å². The Morgan fingerprint density at radius 3 is 1.17 bits per heavy atom. The zero-order valence-corrected chi connectivity index (χ0v) is 38.6. The monoisotopic (exact) mass is 908 g/mol. The van der Waals surface area contributed by atoms with Crippen LogP contribution in [0, 0.1) is 11.3 Å². The van der Waals surface area contributed by atoms with E-state index in [4.69, 9.17) is 9.97 Å². The van der Waals surface area contributed by atoms with Gasteiger partial charge in [0.25, 0.3) is 0 Å². The van der Waals surface area contributed by atoms with Crippen LogP contribution in [-0.2, 0) is 0 Å². The van der Waals surface area contributed by atoms with Crippen molar-refractivity contribution in [3.8, 4) is 56.8 Å². The van der Waals surface area contributed by atoms with E-state index in [9.17, 15) is 5.26 Å². The molecule has 0 amide bonds. The lowest BCUT2D eigenvalue weighted by Gasteiger charge is -2.26. The van der Waals surface area contributed by atoms with Crippen LogP contribution in [0.5, 0.6) is 0 Å². The van der Waals surface area contributed by atoms with Crippen LogP contribution in [0.15, 0.2) is 267 Å². The molecule has 0 aliphatic heterocycles. The van der Waals surface area contributed by atoms with E-state index in [0.717, 1.165) is 95.3 Å². The van der Waals surface area contributed by atoms with Gasteiger partial charge in [0.1, 0.15) is 0 Å². The first-order valence-corrected chi connectivity index (χ1v) is 23.7. The molecule has 0 unspecified atom stereocenters. The van der Waals surface area contributed by atoms with Gasteiger partial charge in [0.15, 0.2) is 5.82 Å². The van der Waals surface area contributed by atoms with Crippen LogP contribution >= 0.6 is 0 Å². The van der Waals surface area contributed by atoms with E-state index in [1.54, 1.807) is 6.07 Å². The second-order valence-corrected chi connectivity index (χ2v) is 17.4. The molecule has 0 bridgehead atoms. The van der Waals surface area contributed by atoms with Gasteiger partial charge in [0.05, 0.1) is 34.1 Å². The minimum Gasteiger partial charge on any atom is -0.310 e. The number of aromatic nitrogens is 3. The zero-order valence-electron chi connectivity index (χ0n) is 38.6. The minimum atomic E-state index is 0.519. The van der Waals surface area contributed by atoms with Gasteiger partial charge in [-0.15, -0.1) is 0 Å². The molecule has 0 atom stereocenters. The lowest BCUT2D eigenvalue weighted by atomic mass is 10.0. The van der Waals surface area contributed by atoms with Gasteiger partial charge in [-0.05, 0) is 126 Å². The maximum Gasteiger partial charge on any atom is 0.161 e. The predicted octanol–water partition coefficient (Wildman–Crippen LogP) is 17.1. The molecule has 10 aromatic carbocycles. The van der Waals surface area contributed by atoms with Crippen molar-refractivity contribution in [3.05, 3.63) is 272 Å². The molecule has 0 aliphatic rings. The first kappa shape index (κ1) is 42.5. The summed E-state index contributed by atoms with van der Waals surface area (Å²) in [6.45, 7) is 0. The van der Waals surface area contributed by atoms with Crippen LogP contribution in [-0.4, -0.2) is 14.5 Å². The van der Waals surface area contributed by atoms with Crippen molar-refractivity contribution >= 4 is 55.9 Å². The second kappa shape index (κ2) is 18.7. The molecule has 0 saturated carbocycles. The predicted molar refractivity (Wildman–Crippen MR) is 292 cm³/mol. The highest BCUT2D eigenvalue weighted by Gasteiger charge is 2.21. The lowest BCUT2D eigenvalue weighted by molar-refractivity contribution is 1.18. The summed E-state index contributed by atoms with van der Waals surface area (Å²) in [5.41, 5.74) is 16.7. The molecule has 0 spiro atoms. The molecule has 12 aromatic rings. The molecule has 0 N–H and O–H groups in total. The number of hydrogen-bond donors (Lipinski definition) is 0. The first-order valence-electron chi connectivity index (χ1n) is 23.7. The quantitative estimate of drug-likeness (QED) is 0.129. The molecule has 2 aromatic heterocycles. The minimum absolute atomic E-state index is 0.519. The van der Waals surface area contributed by atoms with Gasteiger partial charge < -0.3 is 14.4 Å². The van der Waals surface area contributed by atoms with E-state index in [0.29, 0.717) is 17.0 Å². The van der Waals surface area contributed by atoms with E-state index in [-0.39, 0.29) is 0 Å². The highest BCUT2D eigenvalue weighted by atomic mass is 15.1. The number of para-hydroxylation sites is 4. The van der Waals surface area contributed by atoms with Crippen molar-refractivity contribution in [1.82, 2.24) is 14.5 Å². The van der Waals surface area contributed by atoms with Crippen molar-refractivity contribution in [2.45, 2.75) is 0 Å². The Balaban J connectivity index is 0.953. The summed E-state index contributed by atoms with van der Waals surface area (Å²) in [7, 11) is 0. The van der Waals surface area contributed by atoms with E-state index in [2.05, 4.69) is 227 Å². The summed E-state index contributed by atoms with van der Waals surface area (Å²) in [4.78, 5) is 14.6. The van der Waals surface area contributed by atoms with Gasteiger partial charge in [-0.3, -0.25) is 0 Å². The third-order valence-corrected chi connectivity index (χ3v) is 13.0. The fourth-order valence-corrected chi connectivity index (χ4v) is 9.64. The highest BCUT2D eigenvalue weighted by molar-refractivity contribution is 6.12. The van der Waals surface area contributed by atoms with Crippen LogP contribution < -0.4 is 9.80 Å². The van der Waals surface area contributed by atoms with Gasteiger partial charge in [-0.2, -0.15) is 5.26 Å². The van der Waals surface area contributed by atoms with Gasteiger partial charge in [0.2, 0.25) is 0 Å². The van der Waals surface area contributed by atoms with Crippen LogP contribution in [0.2, 0.25) is 0 Å². The summed E-state index contributed by atoms with van der Waals surface area (Å²) >= 11 is 0. The summed E-state index contributed by atoms with van der Waals surface area (Å²) < 4.78 is 2.39. The molecule has 71 heavy (non-hydrogen) atoms. The number of anilines is 6. The smallest absolute Gasteiger partial charge is 0.161 e. The van der Waals surface area contributed by atoms with Gasteiger partial charge in [-0.25, -0.2) is 9.97 Å². The van der Waals surface area contributed by atoms with Crippen molar-refractivity contribution in [1.29, 1.82) is 5.26 Å². The maximum atomic E-state index is 9.95. The van der Waals surface area contributed by atoms with E-state index >= 15 is 0 Å². The molecular weight excluding hydrogens is 865 g/mol. The zero-order chi connectivity index (χ0) is 47.5. The number of nitrogens with zero attached hydrogens (tertiary/aromatic N) is 6. The molecule has 0 saturated heterocycles. The Morgan fingerprint density at radius 1 is 0.338 bits per heavy atom. The van der Waals surface area contributed by atoms with Gasteiger partial charge in [-0.1, -0.05) is 152 Å². The molecule has 2 heterocycles. The standard InChI is InChI=1S/C65H44N6/c66-45-50-20-16-17-29-58(50)65-67-61(48-18-6-1-7-19-48)44-62(68-65)49-32-30-46(31-33-49)47-34-36-55(37-35-47)71-63-40-38-56(69(51-21-8-2-9-22-51)52-23-10-3-11-24-52)42-59(63)60-43-57(39-41-64(60)71)70(53-25-12-4-13-26-53)54-27-14-5-15-28-54/h1-44H. The van der Waals surface area contributed by atoms with E-state index < -0.39 is 0 Å². The molecule has 0 aliphatic carbocycles. The fraction of sp³-hybridized carbons (Fsp3) is 0. The SMILES string of the molecule is N#Cc1ccccc1-c1nc(-c2ccccc2)cc(-c2ccc(-c3ccc(-n4c5ccc(N(c6ccccc6)c6ccccc6)cc5c5cc(N(c6ccccc6)c6ccccc6)ccc54)cc3)cc2)n1. The number of benzene rings is 10. The Morgan fingerprint density at radius 2 is 0.718 bits per heavy atom. The van der Waals surface area contributed by atoms with Crippen molar-refractivity contribution in [2.24, 2.45) is 0 Å². The normalized spacial score (nSPS) is 11.1. The number of fused-ring (bicyclic) bond motifs is 3.